The first kappa shape index (κ1) is 73.2. The number of allylic oxidation sites excluding steroid dienone is 9. The highest BCUT2D eigenvalue weighted by Gasteiger charge is 2.49. The zero-order chi connectivity index (χ0) is 82.5. The fourth-order valence-corrected chi connectivity index (χ4v) is 21.9. The summed E-state index contributed by atoms with van der Waals surface area (Å²) in [6, 6.07) is 131. The van der Waals surface area contributed by atoms with Crippen LogP contribution in [0.25, 0.3) is 27.5 Å². The van der Waals surface area contributed by atoms with Crippen molar-refractivity contribution in [2.24, 2.45) is 5.92 Å². The molecule has 124 heavy (non-hydrogen) atoms. The Bertz CT molecular complexity index is 7130. The Morgan fingerprint density at radius 3 is 1.49 bits per heavy atom. The van der Waals surface area contributed by atoms with Gasteiger partial charge < -0.3 is 38.9 Å². The minimum absolute atomic E-state index is 0.00125. The van der Waals surface area contributed by atoms with Crippen molar-refractivity contribution in [1.82, 2.24) is 4.57 Å². The molecule has 8 aliphatic rings. The van der Waals surface area contributed by atoms with Crippen LogP contribution in [0, 0.1) is 26.7 Å². The van der Waals surface area contributed by atoms with Crippen LogP contribution in [0.15, 0.2) is 411 Å². The van der Waals surface area contributed by atoms with Crippen molar-refractivity contribution in [3.8, 4) is 0 Å². The second-order valence-corrected chi connectivity index (χ2v) is 35.0. The average molecular weight is 1590 g/mol. The first-order valence-corrected chi connectivity index (χ1v) is 44.1. The molecule has 10 heteroatoms. The molecule has 0 spiro atoms. The quantitative estimate of drug-likeness (QED) is 0.100. The molecule has 3 aliphatic carbocycles. The van der Waals surface area contributed by atoms with Crippen LogP contribution in [-0.4, -0.2) is 24.0 Å². The standard InChI is InChI=1S/C114H90B2N8/c1-74-41-50-85(51-42-74)117(86-52-43-75(2)44-53-86)89-58-61-97-106(70-89)119(81-25-10-6-11-26-81)104-39-24-40-105-113(104)115(97)98-62-59-90(71-107(98)120(105)82-27-12-7-13-28-82)118(87-54-45-76(3)46-55-87)88-56-47-79(48-57-88)68-80-49-64-103-96(69-80)95-35-20-23-38-102(95)123(103)91-60-63-99-108(72-91)121(83-29-14-8-15-30-83)109-65-77(4)66-110-114(109)116(99)112-78(5)67-92(73-111(112)122(110)84-31-16-9-17-32-84)124-100-36-21-18-33-93(100)94-34-19-22-37-101(94)124/h6-34,36-54,56-66,69-73,78,87,95H,35,55,67-68H2,1-5H3. The topological polar surface area (TPSA) is 27.6 Å². The summed E-state index contributed by atoms with van der Waals surface area (Å²) in [5.41, 5.74) is 44.3. The molecular weight excluding hydrogens is 1500 g/mol. The van der Waals surface area contributed by atoms with Crippen LogP contribution in [0.3, 0.4) is 0 Å². The molecule has 15 aromatic carbocycles. The molecule has 24 rings (SSSR count). The third-order valence-corrected chi connectivity index (χ3v) is 27.4. The predicted molar refractivity (Wildman–Crippen MR) is 524 cm³/mol. The van der Waals surface area contributed by atoms with Gasteiger partial charge in [-0.2, -0.15) is 0 Å². The lowest BCUT2D eigenvalue weighted by Crippen LogP contribution is -2.61. The Kier molecular flexibility index (Phi) is 17.3. The van der Waals surface area contributed by atoms with E-state index in [4.69, 9.17) is 0 Å². The van der Waals surface area contributed by atoms with Crippen molar-refractivity contribution in [2.45, 2.75) is 72.3 Å². The van der Waals surface area contributed by atoms with E-state index in [1.807, 2.05) is 0 Å². The van der Waals surface area contributed by atoms with Crippen molar-refractivity contribution in [3.05, 3.63) is 444 Å². The van der Waals surface area contributed by atoms with Gasteiger partial charge in [0.2, 0.25) is 6.71 Å². The number of aromatic nitrogens is 1. The van der Waals surface area contributed by atoms with E-state index in [1.54, 1.807) is 0 Å². The van der Waals surface area contributed by atoms with E-state index in [9.17, 15) is 0 Å². The lowest BCUT2D eigenvalue weighted by atomic mass is 9.31. The van der Waals surface area contributed by atoms with Crippen LogP contribution in [0.4, 0.5) is 102 Å². The number of fused-ring (bicyclic) bond motifs is 13. The van der Waals surface area contributed by atoms with E-state index in [0.29, 0.717) is 0 Å². The maximum atomic E-state index is 2.60. The summed E-state index contributed by atoms with van der Waals surface area (Å²) in [5, 5.41) is 2.57. The van der Waals surface area contributed by atoms with E-state index in [-0.39, 0.29) is 31.3 Å². The predicted octanol–water partition coefficient (Wildman–Crippen LogP) is 26.3. The third kappa shape index (κ3) is 11.8. The Hall–Kier alpha value is -14.7. The Morgan fingerprint density at radius 1 is 0.379 bits per heavy atom. The van der Waals surface area contributed by atoms with Gasteiger partial charge >= 0.3 is 0 Å². The van der Waals surface area contributed by atoms with Gasteiger partial charge in [-0.25, -0.2) is 0 Å². The van der Waals surface area contributed by atoms with Gasteiger partial charge in [-0.05, 0) is 285 Å². The lowest BCUT2D eigenvalue weighted by molar-refractivity contribution is 0.700. The normalized spacial score (nSPS) is 16.7. The first-order chi connectivity index (χ1) is 61.1. The Balaban J connectivity index is 0.589. The molecule has 0 bridgehead atoms. The number of benzene rings is 15. The summed E-state index contributed by atoms with van der Waals surface area (Å²) in [6.07, 6.45) is 20.2. The van der Waals surface area contributed by atoms with Crippen LogP contribution in [-0.2, 0) is 6.42 Å². The van der Waals surface area contributed by atoms with Gasteiger partial charge in [0.25, 0.3) is 6.71 Å². The summed E-state index contributed by atoms with van der Waals surface area (Å²) in [4.78, 5) is 17.8. The molecule has 8 nitrogen and oxygen atoms in total. The van der Waals surface area contributed by atoms with Crippen LogP contribution < -0.4 is 61.6 Å². The van der Waals surface area contributed by atoms with Gasteiger partial charge in [-0.15, -0.1) is 0 Å². The number of para-hydroxylation sites is 6. The summed E-state index contributed by atoms with van der Waals surface area (Å²) in [7, 11) is 0. The highest BCUT2D eigenvalue weighted by Crippen LogP contribution is 2.56. The number of nitrogens with zero attached hydrogens (tertiary/aromatic N) is 8. The second kappa shape index (κ2) is 29.3. The summed E-state index contributed by atoms with van der Waals surface area (Å²) < 4.78 is 2.56. The third-order valence-electron chi connectivity index (χ3n) is 27.4. The van der Waals surface area contributed by atoms with E-state index < -0.39 is 0 Å². The molecule has 592 valence electrons. The number of aryl methyl sites for hydroxylation is 3. The molecule has 1 aromatic heterocycles. The van der Waals surface area contributed by atoms with Gasteiger partial charge in [0.05, 0.1) is 17.1 Å². The SMILES string of the molecule is CC1=CCC(N(c2ccc(Cc3ccc4c(c3)C3CC=CC=C3N4c3ccc4c(c3)N(c3ccccc3)c3cc(C)cc5c3B4C3=C(C=C(n4c6ccccc6c6ccccc64)CC3C)N5c3ccccc3)cc2)c2ccc3c(c2)N(c2ccccc2)c2cccc4c2B3c2ccc(N(c3ccc(C)cc3)c3ccc(C)cc3)cc2N4c2ccccc2)C=C1. The maximum Gasteiger partial charge on any atom is 0.252 e. The molecule has 0 radical (unpaired) electrons. The van der Waals surface area contributed by atoms with Crippen molar-refractivity contribution >= 4 is 171 Å². The first-order valence-electron chi connectivity index (χ1n) is 44.1. The summed E-state index contributed by atoms with van der Waals surface area (Å²) in [5.74, 6) is 0.404. The van der Waals surface area contributed by atoms with Gasteiger partial charge in [0, 0.05) is 136 Å². The molecule has 0 fully saturated rings. The zero-order valence-corrected chi connectivity index (χ0v) is 70.2. The van der Waals surface area contributed by atoms with Crippen LogP contribution in [0.1, 0.15) is 72.4 Å². The Morgan fingerprint density at radius 2 is 0.887 bits per heavy atom. The van der Waals surface area contributed by atoms with Crippen molar-refractivity contribution in [3.63, 3.8) is 0 Å². The average Bonchev–Trinajstić information content (AvgIpc) is 0.832. The zero-order valence-electron chi connectivity index (χ0n) is 70.2. The number of rotatable bonds is 14. The van der Waals surface area contributed by atoms with Crippen molar-refractivity contribution < 1.29 is 0 Å². The van der Waals surface area contributed by atoms with Crippen LogP contribution >= 0.6 is 0 Å². The molecule has 6 heterocycles. The van der Waals surface area contributed by atoms with Gasteiger partial charge in [-0.1, -0.05) is 241 Å². The largest absolute Gasteiger partial charge is 0.334 e. The highest BCUT2D eigenvalue weighted by molar-refractivity contribution is 7.00. The number of hydrogen-bond acceptors (Lipinski definition) is 7. The number of anilines is 18. The molecule has 0 N–H and O–H groups in total. The number of hydrogen-bond donors (Lipinski definition) is 0. The smallest absolute Gasteiger partial charge is 0.252 e. The van der Waals surface area contributed by atoms with Crippen molar-refractivity contribution in [1.29, 1.82) is 0 Å². The molecule has 3 unspecified atom stereocenters. The molecule has 16 aromatic rings. The lowest BCUT2D eigenvalue weighted by Gasteiger charge is -2.47. The fraction of sp³-hybridized carbons (Fsp3) is 0.105. The molecule has 3 atom stereocenters. The molecule has 0 saturated carbocycles. The van der Waals surface area contributed by atoms with Gasteiger partial charge in [-0.3, -0.25) is 0 Å². The molecular formula is C114H90B2N8. The summed E-state index contributed by atoms with van der Waals surface area (Å²) >= 11 is 0. The van der Waals surface area contributed by atoms with Gasteiger partial charge in [0.1, 0.15) is 0 Å². The fourth-order valence-electron chi connectivity index (χ4n) is 21.9. The van der Waals surface area contributed by atoms with E-state index >= 15 is 0 Å². The highest BCUT2D eigenvalue weighted by atomic mass is 15.2. The maximum absolute atomic E-state index is 2.60. The second-order valence-electron chi connectivity index (χ2n) is 35.0. The molecule has 0 saturated heterocycles. The monoisotopic (exact) mass is 1590 g/mol. The minimum atomic E-state index is -0.0777. The van der Waals surface area contributed by atoms with E-state index in [1.165, 1.54) is 156 Å². The van der Waals surface area contributed by atoms with E-state index in [0.717, 1.165) is 82.6 Å². The van der Waals surface area contributed by atoms with Gasteiger partial charge in [0.15, 0.2) is 0 Å². The molecule has 5 aliphatic heterocycles. The minimum Gasteiger partial charge on any atom is -0.334 e. The Labute approximate surface area is 726 Å². The molecule has 0 amide bonds. The van der Waals surface area contributed by atoms with E-state index in [2.05, 4.69) is 462 Å². The van der Waals surface area contributed by atoms with Crippen molar-refractivity contribution in [2.75, 3.05) is 34.3 Å². The van der Waals surface area contributed by atoms with Crippen LogP contribution in [0.5, 0.6) is 0 Å². The summed E-state index contributed by atoms with van der Waals surface area (Å²) in [6.45, 7) is 11.2. The van der Waals surface area contributed by atoms with Crippen LogP contribution in [0.2, 0.25) is 0 Å².